The maximum Gasteiger partial charge on any atom is 0.162 e. The highest BCUT2D eigenvalue weighted by Gasteiger charge is 2.46. The second-order valence-corrected chi connectivity index (χ2v) is 4.64. The molecular weight excluding hydrogens is 256 g/mol. The van der Waals surface area contributed by atoms with E-state index >= 15 is 0 Å². The van der Waals surface area contributed by atoms with Crippen LogP contribution in [0.1, 0.15) is 0 Å². The first-order valence-corrected chi connectivity index (χ1v) is 6.17. The molecule has 1 aliphatic rings. The van der Waals surface area contributed by atoms with Crippen LogP contribution < -0.4 is 4.74 Å². The summed E-state index contributed by atoms with van der Waals surface area (Å²) in [5.41, 5.74) is -0.661. The summed E-state index contributed by atoms with van der Waals surface area (Å²) in [6, 6.07) is 8.98. The van der Waals surface area contributed by atoms with Gasteiger partial charge in [-0.1, -0.05) is 18.2 Å². The van der Waals surface area contributed by atoms with E-state index in [0.29, 0.717) is 5.75 Å². The zero-order valence-corrected chi connectivity index (χ0v) is 10.5. The van der Waals surface area contributed by atoms with Gasteiger partial charge in [-0.25, -0.2) is 0 Å². The summed E-state index contributed by atoms with van der Waals surface area (Å²) in [7, 11) is 0. The molecule has 1 heterocycles. The van der Waals surface area contributed by atoms with Crippen LogP contribution in [0.3, 0.4) is 0 Å². The van der Waals surface area contributed by atoms with E-state index in [1.54, 1.807) is 12.1 Å². The summed E-state index contributed by atoms with van der Waals surface area (Å²) >= 11 is 4.17. The lowest BCUT2D eigenvalue weighted by molar-refractivity contribution is -0.0706. The number of aliphatic hydroxyl groups is 3. The van der Waals surface area contributed by atoms with Crippen LogP contribution in [0.5, 0.6) is 5.75 Å². The molecule has 0 aliphatic carbocycles. The molecule has 5 atom stereocenters. The van der Waals surface area contributed by atoms with Gasteiger partial charge in [0.15, 0.2) is 6.10 Å². The monoisotopic (exact) mass is 272 g/mol. The molecule has 2 rings (SSSR count). The van der Waals surface area contributed by atoms with Gasteiger partial charge < -0.3 is 24.8 Å². The predicted octanol–water partition coefficient (Wildman–Crippen LogP) is -0.197. The molecule has 0 radical (unpaired) electrons. The number of aliphatic hydroxyl groups excluding tert-OH is 3. The Morgan fingerprint density at radius 2 is 2.00 bits per heavy atom. The summed E-state index contributed by atoms with van der Waals surface area (Å²) in [6.45, 7) is -0.486. The maximum absolute atomic E-state index is 10.0. The van der Waals surface area contributed by atoms with Gasteiger partial charge in [0.25, 0.3) is 0 Å². The summed E-state index contributed by atoms with van der Waals surface area (Å²) < 4.78 is 10.9. The van der Waals surface area contributed by atoms with Crippen molar-refractivity contribution in [3.8, 4) is 5.75 Å². The van der Waals surface area contributed by atoms with Crippen LogP contribution >= 0.6 is 12.6 Å². The fourth-order valence-electron chi connectivity index (χ4n) is 1.88. The number of thiol groups is 1. The number of benzene rings is 1. The number of hydrogen-bond donors (Lipinski definition) is 4. The van der Waals surface area contributed by atoms with Crippen molar-refractivity contribution in [1.29, 1.82) is 0 Å². The molecule has 0 aromatic heterocycles. The zero-order valence-electron chi connectivity index (χ0n) is 9.59. The number of hydrogen-bond acceptors (Lipinski definition) is 6. The minimum absolute atomic E-state index is 0.486. The van der Waals surface area contributed by atoms with Crippen LogP contribution in [0.4, 0.5) is 0 Å². The Balaban J connectivity index is 2.05. The van der Waals surface area contributed by atoms with Crippen LogP contribution in [0.15, 0.2) is 30.3 Å². The highest BCUT2D eigenvalue weighted by atomic mass is 32.1. The third-order valence-electron chi connectivity index (χ3n) is 2.83. The molecule has 1 saturated heterocycles. The molecular formula is C12H16O5S. The van der Waals surface area contributed by atoms with Gasteiger partial charge >= 0.3 is 0 Å². The molecule has 0 bridgehead atoms. The van der Waals surface area contributed by atoms with Gasteiger partial charge in [0.05, 0.1) is 6.61 Å². The van der Waals surface area contributed by atoms with Crippen molar-refractivity contribution < 1.29 is 24.8 Å². The first kappa shape index (κ1) is 13.6. The van der Waals surface area contributed by atoms with Crippen LogP contribution in [0.2, 0.25) is 0 Å². The van der Waals surface area contributed by atoms with Crippen LogP contribution in [0, 0.1) is 0 Å². The van der Waals surface area contributed by atoms with Crippen molar-refractivity contribution in [3.63, 3.8) is 0 Å². The molecule has 0 unspecified atom stereocenters. The van der Waals surface area contributed by atoms with Crippen molar-refractivity contribution in [2.75, 3.05) is 6.61 Å². The van der Waals surface area contributed by atoms with Crippen molar-refractivity contribution in [2.24, 2.45) is 0 Å². The van der Waals surface area contributed by atoms with Crippen molar-refractivity contribution in [1.82, 2.24) is 0 Å². The van der Waals surface area contributed by atoms with Gasteiger partial charge in [0.2, 0.25) is 0 Å². The molecule has 0 saturated carbocycles. The Morgan fingerprint density at radius 1 is 1.33 bits per heavy atom. The van der Waals surface area contributed by atoms with E-state index in [0.717, 1.165) is 0 Å². The first-order valence-electron chi connectivity index (χ1n) is 5.65. The fraction of sp³-hybridized carbons (Fsp3) is 0.500. The SMILES string of the molecule is OC[C@@H](O)[C@H]1O[C@H](S)[C@H](Oc2ccccc2)[C@H]1O. The van der Waals surface area contributed by atoms with E-state index in [1.165, 1.54) is 0 Å². The standard InChI is InChI=1S/C12H16O5S/c13-6-8(14)10-9(15)11(12(18)17-10)16-7-4-2-1-3-5-7/h1-5,8-15,18H,6H2/t8-,9+,10-,11-,12-/m1/s1. The van der Waals surface area contributed by atoms with E-state index in [9.17, 15) is 10.2 Å². The second-order valence-electron chi connectivity index (χ2n) is 4.13. The third-order valence-corrected chi connectivity index (χ3v) is 3.25. The number of ether oxygens (including phenoxy) is 2. The third kappa shape index (κ3) is 2.78. The fourth-order valence-corrected chi connectivity index (χ4v) is 2.26. The lowest BCUT2D eigenvalue weighted by Gasteiger charge is -2.21. The largest absolute Gasteiger partial charge is 0.484 e. The highest BCUT2D eigenvalue weighted by molar-refractivity contribution is 7.80. The molecule has 0 spiro atoms. The lowest BCUT2D eigenvalue weighted by atomic mass is 10.1. The van der Waals surface area contributed by atoms with Crippen molar-refractivity contribution in [2.45, 2.75) is 29.9 Å². The van der Waals surface area contributed by atoms with E-state index in [-0.39, 0.29) is 0 Å². The molecule has 5 nitrogen and oxygen atoms in total. The molecule has 1 aromatic rings. The minimum Gasteiger partial charge on any atom is -0.484 e. The topological polar surface area (TPSA) is 79.2 Å². The summed E-state index contributed by atoms with van der Waals surface area (Å²) in [4.78, 5) is 0. The van der Waals surface area contributed by atoms with Crippen LogP contribution in [-0.2, 0) is 4.74 Å². The van der Waals surface area contributed by atoms with E-state index in [4.69, 9.17) is 14.6 Å². The van der Waals surface area contributed by atoms with E-state index in [2.05, 4.69) is 12.6 Å². The quantitative estimate of drug-likeness (QED) is 0.571. The van der Waals surface area contributed by atoms with Gasteiger partial charge in [-0.15, -0.1) is 12.6 Å². The predicted molar refractivity (Wildman–Crippen MR) is 67.6 cm³/mol. The highest BCUT2D eigenvalue weighted by Crippen LogP contribution is 2.29. The van der Waals surface area contributed by atoms with Crippen molar-refractivity contribution in [3.05, 3.63) is 30.3 Å². The van der Waals surface area contributed by atoms with Gasteiger partial charge in [0, 0.05) is 0 Å². The molecule has 1 fully saturated rings. The summed E-state index contributed by atoms with van der Waals surface area (Å²) in [5.74, 6) is 0.586. The number of para-hydroxylation sites is 1. The molecule has 3 N–H and O–H groups in total. The average molecular weight is 272 g/mol. The molecule has 1 aromatic carbocycles. The van der Waals surface area contributed by atoms with E-state index in [1.807, 2.05) is 18.2 Å². The summed E-state index contributed by atoms with van der Waals surface area (Å²) in [5, 5.41) is 28.4. The second kappa shape index (κ2) is 5.90. The van der Waals surface area contributed by atoms with Gasteiger partial charge in [0.1, 0.15) is 29.5 Å². The smallest absolute Gasteiger partial charge is 0.162 e. The van der Waals surface area contributed by atoms with Gasteiger partial charge in [-0.05, 0) is 12.1 Å². The molecule has 0 amide bonds. The Labute approximate surface area is 110 Å². The Hall–Kier alpha value is -0.790. The summed E-state index contributed by atoms with van der Waals surface area (Å²) in [6.07, 6.45) is -3.79. The molecule has 100 valence electrons. The Kier molecular flexibility index (Phi) is 4.47. The normalized spacial score (nSPS) is 33.3. The van der Waals surface area contributed by atoms with Crippen molar-refractivity contribution >= 4 is 12.6 Å². The van der Waals surface area contributed by atoms with Crippen LogP contribution in [-0.4, -0.2) is 51.8 Å². The minimum atomic E-state index is -1.15. The molecule has 1 aliphatic heterocycles. The van der Waals surface area contributed by atoms with Gasteiger partial charge in [-0.2, -0.15) is 0 Å². The average Bonchev–Trinajstić information content (AvgIpc) is 2.67. The van der Waals surface area contributed by atoms with Gasteiger partial charge in [-0.3, -0.25) is 0 Å². The van der Waals surface area contributed by atoms with E-state index < -0.39 is 36.5 Å². The Bertz CT molecular complexity index is 374. The first-order chi connectivity index (χ1) is 8.63. The lowest BCUT2D eigenvalue weighted by Crippen LogP contribution is -2.42. The number of rotatable bonds is 4. The molecule has 18 heavy (non-hydrogen) atoms. The van der Waals surface area contributed by atoms with Crippen LogP contribution in [0.25, 0.3) is 0 Å². The molecule has 6 heteroatoms. The Morgan fingerprint density at radius 3 is 2.61 bits per heavy atom. The zero-order chi connectivity index (χ0) is 13.1. The maximum atomic E-state index is 10.0.